The van der Waals surface area contributed by atoms with Crippen LogP contribution < -0.4 is 10.1 Å². The molecule has 0 radical (unpaired) electrons. The van der Waals surface area contributed by atoms with Crippen molar-refractivity contribution in [3.8, 4) is 17.0 Å². The monoisotopic (exact) mass is 670 g/mol. The summed E-state index contributed by atoms with van der Waals surface area (Å²) in [6.07, 6.45) is 0.500. The number of aromatic amines is 1. The van der Waals surface area contributed by atoms with Crippen molar-refractivity contribution in [2.75, 3.05) is 13.2 Å². The van der Waals surface area contributed by atoms with Gasteiger partial charge in [-0.05, 0) is 64.0 Å². The second kappa shape index (κ2) is 12.4. The average molecular weight is 670 g/mol. The lowest BCUT2D eigenvalue weighted by molar-refractivity contribution is -0.129. The number of carbonyl (C=O) groups excluding carboxylic acids is 2. The molecule has 0 spiro atoms. The fraction of sp³-hybridized carbons (Fsp3) is 0.233. The quantitative estimate of drug-likeness (QED) is 0.143. The fourth-order valence-electron chi connectivity index (χ4n) is 4.84. The van der Waals surface area contributed by atoms with Crippen molar-refractivity contribution in [2.45, 2.75) is 31.0 Å². The van der Waals surface area contributed by atoms with Crippen LogP contribution in [0, 0.1) is 9.39 Å². The Balaban J connectivity index is 1.46. The molecule has 0 bridgehead atoms. The maximum absolute atomic E-state index is 14.8. The highest BCUT2D eigenvalue weighted by molar-refractivity contribution is 14.1. The number of nitrogens with one attached hydrogen (secondary N) is 2. The molecule has 4 N–H and O–H groups in total. The molecule has 1 aliphatic rings. The number of halogens is 2. The Morgan fingerprint density at radius 2 is 1.83 bits per heavy atom. The van der Waals surface area contributed by atoms with Gasteiger partial charge in [-0.1, -0.05) is 49.4 Å². The Morgan fingerprint density at radius 3 is 2.51 bits per heavy atom. The molecule has 0 saturated carbocycles. The molecule has 2 heterocycles. The van der Waals surface area contributed by atoms with Crippen molar-refractivity contribution in [1.82, 2.24) is 20.2 Å². The van der Waals surface area contributed by atoms with Gasteiger partial charge in [-0.25, -0.2) is 14.2 Å². The Labute approximate surface area is 249 Å². The van der Waals surface area contributed by atoms with E-state index in [0.717, 1.165) is 9.13 Å². The number of aromatic nitrogens is 2. The van der Waals surface area contributed by atoms with Crippen LogP contribution in [0.1, 0.15) is 41.9 Å². The third kappa shape index (κ3) is 6.11. The van der Waals surface area contributed by atoms with Gasteiger partial charge in [0.15, 0.2) is 0 Å². The van der Waals surface area contributed by atoms with E-state index >= 15 is 0 Å². The van der Waals surface area contributed by atoms with Gasteiger partial charge in [0, 0.05) is 15.1 Å². The Morgan fingerprint density at radius 1 is 1.10 bits per heavy atom. The molecule has 5 rings (SSSR count). The van der Waals surface area contributed by atoms with Crippen molar-refractivity contribution >= 4 is 34.5 Å². The Hall–Kier alpha value is -3.81. The predicted octanol–water partition coefficient (Wildman–Crippen LogP) is 4.69. The Bertz CT molecular complexity index is 1530. The SMILES string of the molecule is C[C@@H](c1ccccc1)[C@@H](c1ncc(-c2ccc(I)cc2F)[nH]1)N1C(=O)NC(c2ccc(OCC(O)CO)cc2)C1=O. The summed E-state index contributed by atoms with van der Waals surface area (Å²) in [5.41, 5.74) is 2.21. The van der Waals surface area contributed by atoms with Crippen molar-refractivity contribution in [3.05, 3.63) is 105 Å². The highest BCUT2D eigenvalue weighted by atomic mass is 127. The van der Waals surface area contributed by atoms with Gasteiger partial charge < -0.3 is 25.3 Å². The van der Waals surface area contributed by atoms with Crippen LogP contribution in [0.4, 0.5) is 9.18 Å². The van der Waals surface area contributed by atoms with Gasteiger partial charge in [-0.15, -0.1) is 0 Å². The molecule has 1 aliphatic heterocycles. The first-order chi connectivity index (χ1) is 19.8. The third-order valence-corrected chi connectivity index (χ3v) is 7.68. The number of ether oxygens (including phenoxy) is 1. The number of nitrogens with zero attached hydrogens (tertiary/aromatic N) is 2. The van der Waals surface area contributed by atoms with Crippen LogP contribution in [0.3, 0.4) is 0 Å². The smallest absolute Gasteiger partial charge is 0.325 e. The number of aliphatic hydroxyl groups excluding tert-OH is 2. The van der Waals surface area contributed by atoms with E-state index in [1.54, 1.807) is 36.4 Å². The van der Waals surface area contributed by atoms with Crippen LogP contribution in [-0.4, -0.2) is 56.3 Å². The van der Waals surface area contributed by atoms with E-state index in [1.807, 2.05) is 59.8 Å². The third-order valence-electron chi connectivity index (χ3n) is 7.01. The van der Waals surface area contributed by atoms with E-state index < -0.39 is 42.6 Å². The van der Waals surface area contributed by atoms with Gasteiger partial charge in [0.25, 0.3) is 5.91 Å². The van der Waals surface area contributed by atoms with E-state index in [9.17, 15) is 19.1 Å². The molecule has 3 amide bonds. The van der Waals surface area contributed by atoms with Gasteiger partial charge in [-0.2, -0.15) is 0 Å². The lowest BCUT2D eigenvalue weighted by Gasteiger charge is -2.29. The van der Waals surface area contributed by atoms with Crippen molar-refractivity contribution in [3.63, 3.8) is 0 Å². The molecule has 9 nitrogen and oxygen atoms in total. The first-order valence-electron chi connectivity index (χ1n) is 13.0. The van der Waals surface area contributed by atoms with Crippen molar-refractivity contribution < 1.29 is 28.9 Å². The minimum absolute atomic E-state index is 0.0843. The summed E-state index contributed by atoms with van der Waals surface area (Å²) >= 11 is 2.04. The van der Waals surface area contributed by atoms with E-state index in [-0.39, 0.29) is 12.5 Å². The number of hydrogen-bond acceptors (Lipinski definition) is 6. The second-order valence-electron chi connectivity index (χ2n) is 9.76. The second-order valence-corrected chi connectivity index (χ2v) is 11.0. The molecular formula is C30H28FIN4O5. The summed E-state index contributed by atoms with van der Waals surface area (Å²) in [5.74, 6) is -0.418. The first kappa shape index (κ1) is 28.7. The number of imidazole rings is 1. The molecule has 4 aromatic rings. The van der Waals surface area contributed by atoms with E-state index in [1.165, 1.54) is 17.2 Å². The zero-order valence-electron chi connectivity index (χ0n) is 22.0. The lowest BCUT2D eigenvalue weighted by Crippen LogP contribution is -2.38. The maximum atomic E-state index is 14.8. The fourth-order valence-corrected chi connectivity index (χ4v) is 5.29. The normalized spacial score (nSPS) is 17.3. The van der Waals surface area contributed by atoms with Crippen LogP contribution in [0.15, 0.2) is 79.0 Å². The standard InChI is InChI=1S/C30H28FIN4O5/c1-17(18-5-3-2-4-6-18)27(28-33-14-25(34-28)23-12-9-20(32)13-24(23)31)36-29(39)26(35-30(36)40)19-7-10-22(11-8-19)41-16-21(38)15-37/h2-14,17,21,26-27,37-38H,15-16H2,1H3,(H,33,34)(H,35,40)/t17-,21?,26?,27-/m0/s1. The predicted molar refractivity (Wildman–Crippen MR) is 157 cm³/mol. The number of carbonyl (C=O) groups is 2. The zero-order chi connectivity index (χ0) is 29.1. The number of urea groups is 1. The number of benzene rings is 3. The van der Waals surface area contributed by atoms with E-state index in [4.69, 9.17) is 9.84 Å². The Kier molecular flexibility index (Phi) is 8.66. The van der Waals surface area contributed by atoms with Crippen molar-refractivity contribution in [2.24, 2.45) is 0 Å². The van der Waals surface area contributed by atoms with Gasteiger partial charge in [0.05, 0.1) is 18.5 Å². The minimum atomic E-state index is -1.01. The highest BCUT2D eigenvalue weighted by Gasteiger charge is 2.46. The summed E-state index contributed by atoms with van der Waals surface area (Å²) in [6, 6.07) is 18.6. The number of hydrogen-bond donors (Lipinski definition) is 4. The molecule has 212 valence electrons. The summed E-state index contributed by atoms with van der Waals surface area (Å²) in [7, 11) is 0. The van der Waals surface area contributed by atoms with Crippen LogP contribution >= 0.6 is 22.6 Å². The van der Waals surface area contributed by atoms with Crippen LogP contribution in [0.25, 0.3) is 11.3 Å². The van der Waals surface area contributed by atoms with Crippen LogP contribution in [0.2, 0.25) is 0 Å². The maximum Gasteiger partial charge on any atom is 0.325 e. The molecule has 11 heteroatoms. The molecule has 2 unspecified atom stereocenters. The van der Waals surface area contributed by atoms with Gasteiger partial charge >= 0.3 is 6.03 Å². The molecule has 0 aliphatic carbocycles. The number of H-pyrrole nitrogens is 1. The van der Waals surface area contributed by atoms with Crippen molar-refractivity contribution in [1.29, 1.82) is 0 Å². The summed E-state index contributed by atoms with van der Waals surface area (Å²) in [4.78, 5) is 36.1. The number of aliphatic hydroxyl groups is 2. The largest absolute Gasteiger partial charge is 0.491 e. The summed E-state index contributed by atoms with van der Waals surface area (Å²) < 4.78 is 21.0. The molecular weight excluding hydrogens is 642 g/mol. The summed E-state index contributed by atoms with van der Waals surface area (Å²) in [5, 5.41) is 21.2. The van der Waals surface area contributed by atoms with E-state index in [0.29, 0.717) is 28.4 Å². The average Bonchev–Trinajstić information content (AvgIpc) is 3.57. The molecule has 1 saturated heterocycles. The van der Waals surface area contributed by atoms with Gasteiger partial charge in [0.1, 0.15) is 42.2 Å². The molecule has 1 fully saturated rings. The summed E-state index contributed by atoms with van der Waals surface area (Å²) in [6.45, 7) is 1.41. The van der Waals surface area contributed by atoms with Crippen LogP contribution in [-0.2, 0) is 4.79 Å². The molecule has 4 atom stereocenters. The molecule has 3 aromatic carbocycles. The first-order valence-corrected chi connectivity index (χ1v) is 14.0. The number of imide groups is 1. The minimum Gasteiger partial charge on any atom is -0.491 e. The number of rotatable bonds is 10. The molecule has 1 aromatic heterocycles. The molecule has 41 heavy (non-hydrogen) atoms. The zero-order valence-corrected chi connectivity index (χ0v) is 24.2. The van der Waals surface area contributed by atoms with E-state index in [2.05, 4.69) is 15.3 Å². The van der Waals surface area contributed by atoms with Gasteiger partial charge in [-0.3, -0.25) is 9.69 Å². The number of amides is 3. The highest BCUT2D eigenvalue weighted by Crippen LogP contribution is 2.39. The van der Waals surface area contributed by atoms with Crippen LogP contribution in [0.5, 0.6) is 5.75 Å². The topological polar surface area (TPSA) is 128 Å². The van der Waals surface area contributed by atoms with Gasteiger partial charge in [0.2, 0.25) is 0 Å². The lowest BCUT2D eigenvalue weighted by atomic mass is 9.91.